The highest BCUT2D eigenvalue weighted by Crippen LogP contribution is 2.24. The molecular weight excluding hydrogens is 575 g/mol. The molecule has 0 saturated carbocycles. The first-order valence-electron chi connectivity index (χ1n) is 14.5. The molecule has 0 spiro atoms. The second-order valence-electron chi connectivity index (χ2n) is 10.7. The van der Waals surface area contributed by atoms with Gasteiger partial charge in [-0.2, -0.15) is 9.59 Å². The number of nitrogens with one attached hydrogen (secondary N) is 1. The summed E-state index contributed by atoms with van der Waals surface area (Å²) in [6.45, 7) is 13.2. The Morgan fingerprint density at radius 2 is 1.86 bits per heavy atom. The van der Waals surface area contributed by atoms with Gasteiger partial charge in [0.25, 0.3) is 5.91 Å². The van der Waals surface area contributed by atoms with E-state index in [1.807, 2.05) is 16.7 Å². The number of aromatic nitrogens is 3. The van der Waals surface area contributed by atoms with Gasteiger partial charge in [-0.05, 0) is 30.9 Å². The smallest absolute Gasteiger partial charge is 0.373 e. The number of nitrogens with zero attached hydrogens (tertiary/aromatic N) is 5. The third-order valence-corrected chi connectivity index (χ3v) is 6.97. The largest absolute Gasteiger partial charge is 0.478 e. The maximum atomic E-state index is 14.6. The van der Waals surface area contributed by atoms with E-state index in [0.29, 0.717) is 64.5 Å². The molecule has 1 aromatic heterocycles. The number of rotatable bonds is 9. The van der Waals surface area contributed by atoms with Gasteiger partial charge in [-0.1, -0.05) is 51.1 Å². The molecule has 44 heavy (non-hydrogen) atoms. The number of piperidine rings is 1. The molecule has 2 amide bonds. The van der Waals surface area contributed by atoms with Gasteiger partial charge in [-0.3, -0.25) is 9.59 Å². The van der Waals surface area contributed by atoms with Crippen LogP contribution >= 0.6 is 0 Å². The molecule has 2 aliphatic rings. The fourth-order valence-corrected chi connectivity index (χ4v) is 5.06. The molecule has 0 unspecified atom stereocenters. The quantitative estimate of drug-likeness (QED) is 0.398. The number of ether oxygens (including phenoxy) is 1. The zero-order chi connectivity index (χ0) is 32.6. The molecule has 2 atom stereocenters. The number of aliphatic carboxylic acids is 1. The Balaban J connectivity index is 0.000000754. The van der Waals surface area contributed by atoms with E-state index in [1.165, 1.54) is 10.7 Å². The molecule has 14 heteroatoms. The summed E-state index contributed by atoms with van der Waals surface area (Å²) >= 11 is 0. The second-order valence-corrected chi connectivity index (χ2v) is 10.7. The Labute approximate surface area is 256 Å². The number of morpholine rings is 1. The van der Waals surface area contributed by atoms with Crippen LogP contribution in [-0.2, 0) is 30.3 Å². The van der Waals surface area contributed by atoms with E-state index >= 15 is 0 Å². The summed E-state index contributed by atoms with van der Waals surface area (Å²) in [5.41, 5.74) is 1.13. The zero-order valence-electron chi connectivity index (χ0n) is 25.4. The molecule has 4 rings (SSSR count). The van der Waals surface area contributed by atoms with Crippen molar-refractivity contribution in [1.82, 2.24) is 30.1 Å². The molecule has 2 saturated heterocycles. The lowest BCUT2D eigenvalue weighted by atomic mass is 9.92. The third-order valence-electron chi connectivity index (χ3n) is 6.97. The van der Waals surface area contributed by atoms with Crippen LogP contribution < -0.4 is 5.32 Å². The maximum absolute atomic E-state index is 14.6. The summed E-state index contributed by atoms with van der Waals surface area (Å²) in [6.07, 6.45) is 2.97. The molecule has 1 aromatic carbocycles. The van der Waals surface area contributed by atoms with Crippen molar-refractivity contribution in [3.8, 4) is 5.69 Å². The fraction of sp³-hybridized carbons (Fsp3) is 0.533. The molecule has 2 N–H and O–H groups in total. The average molecular weight is 617 g/mol. The van der Waals surface area contributed by atoms with Gasteiger partial charge in [0.2, 0.25) is 5.91 Å². The molecule has 13 nitrogen and oxygen atoms in total. The first kappa shape index (κ1) is 35.9. The Hall–Kier alpha value is -4.26. The van der Waals surface area contributed by atoms with Crippen LogP contribution in [0, 0.1) is 17.7 Å². The molecule has 240 valence electrons. The van der Waals surface area contributed by atoms with Crippen molar-refractivity contribution in [1.29, 1.82) is 0 Å². The number of carboxylic acids is 1. The lowest BCUT2D eigenvalue weighted by Gasteiger charge is -2.40. The number of hydrogen-bond acceptors (Lipinski definition) is 9. The van der Waals surface area contributed by atoms with E-state index in [-0.39, 0.29) is 47.2 Å². The van der Waals surface area contributed by atoms with Crippen LogP contribution in [0.25, 0.3) is 5.69 Å². The van der Waals surface area contributed by atoms with E-state index < -0.39 is 11.8 Å². The molecule has 2 aliphatic heterocycles. The first-order chi connectivity index (χ1) is 21.1. The number of carboxylic acid groups (broad SMARTS) is 1. The van der Waals surface area contributed by atoms with E-state index in [1.54, 1.807) is 18.2 Å². The van der Waals surface area contributed by atoms with Gasteiger partial charge < -0.3 is 25.0 Å². The number of carbonyl (C=O) groups excluding carboxylic acids is 4. The lowest BCUT2D eigenvalue weighted by Crippen LogP contribution is -2.56. The van der Waals surface area contributed by atoms with Crippen LogP contribution in [0.4, 0.5) is 4.39 Å². The van der Waals surface area contributed by atoms with Crippen molar-refractivity contribution in [3.05, 3.63) is 54.1 Å². The highest BCUT2D eigenvalue weighted by Gasteiger charge is 2.37. The van der Waals surface area contributed by atoms with Crippen LogP contribution in [0.3, 0.4) is 0 Å². The van der Waals surface area contributed by atoms with Crippen LogP contribution in [0.15, 0.2) is 36.9 Å². The van der Waals surface area contributed by atoms with Crippen LogP contribution in [0.5, 0.6) is 0 Å². The maximum Gasteiger partial charge on any atom is 0.373 e. The molecule has 2 aromatic rings. The van der Waals surface area contributed by atoms with Crippen molar-refractivity contribution in [3.63, 3.8) is 0 Å². The summed E-state index contributed by atoms with van der Waals surface area (Å²) in [5.74, 6) is -1.48. The number of halogens is 1. The lowest BCUT2D eigenvalue weighted by molar-refractivity contribution is -0.191. The van der Waals surface area contributed by atoms with Crippen molar-refractivity contribution >= 4 is 23.9 Å². The normalized spacial score (nSPS) is 17.7. The zero-order valence-corrected chi connectivity index (χ0v) is 25.4. The van der Waals surface area contributed by atoms with E-state index in [4.69, 9.17) is 19.4 Å². The minimum absolute atomic E-state index is 0.115. The number of amides is 2. The second kappa shape index (κ2) is 18.4. The van der Waals surface area contributed by atoms with E-state index in [9.17, 15) is 18.8 Å². The number of benzene rings is 1. The minimum Gasteiger partial charge on any atom is -0.478 e. The Morgan fingerprint density at radius 1 is 1.23 bits per heavy atom. The van der Waals surface area contributed by atoms with Crippen molar-refractivity contribution in [2.24, 2.45) is 11.8 Å². The van der Waals surface area contributed by atoms with E-state index in [2.05, 4.69) is 36.1 Å². The molecule has 0 aliphatic carbocycles. The summed E-state index contributed by atoms with van der Waals surface area (Å²) in [7, 11) is 0. The summed E-state index contributed by atoms with van der Waals surface area (Å²) in [4.78, 5) is 56.3. The van der Waals surface area contributed by atoms with Crippen LogP contribution in [-0.4, -0.2) is 106 Å². The molecule has 0 bridgehead atoms. The Kier molecular flexibility index (Phi) is 15.0. The van der Waals surface area contributed by atoms with Gasteiger partial charge in [-0.25, -0.2) is 13.9 Å². The standard InChI is InChI=1S/C26H37FN6O3.C3H4O2.CO2/c1-4-7-23-24(29-30-33(23)22-9-6-5-8-21(22)27)26(35)32(17-18(2)3)20-14-19(15-28-16-20)25(34)31-10-12-36-13-11-31;1-2-3(4)5;2-1-3/h5-6,8-9,18-20,28H,4,7,10-17H2,1-3H3;2H,1H2,(H,4,5);/t19-,20+;;/m1../s1. The molecule has 2 fully saturated rings. The van der Waals surface area contributed by atoms with E-state index in [0.717, 1.165) is 12.5 Å². The average Bonchev–Trinajstić information content (AvgIpc) is 3.44. The van der Waals surface area contributed by atoms with Crippen LogP contribution in [0.1, 0.15) is 49.8 Å². The number of hydrogen-bond donors (Lipinski definition) is 2. The summed E-state index contributed by atoms with van der Waals surface area (Å²) in [6, 6.07) is 6.21. The van der Waals surface area contributed by atoms with Gasteiger partial charge in [0, 0.05) is 44.8 Å². The Morgan fingerprint density at radius 3 is 2.43 bits per heavy atom. The molecule has 0 radical (unpaired) electrons. The monoisotopic (exact) mass is 616 g/mol. The number of carbonyl (C=O) groups is 3. The highest BCUT2D eigenvalue weighted by atomic mass is 19.1. The summed E-state index contributed by atoms with van der Waals surface area (Å²) < 4.78 is 21.4. The Bertz CT molecular complexity index is 1290. The van der Waals surface area contributed by atoms with Gasteiger partial charge in [-0.15, -0.1) is 5.10 Å². The van der Waals surface area contributed by atoms with Crippen molar-refractivity contribution in [2.45, 2.75) is 46.1 Å². The van der Waals surface area contributed by atoms with Crippen molar-refractivity contribution in [2.75, 3.05) is 45.9 Å². The molecular formula is C30H41FN6O7. The van der Waals surface area contributed by atoms with Crippen LogP contribution in [0.2, 0.25) is 0 Å². The van der Waals surface area contributed by atoms with Gasteiger partial charge in [0.1, 0.15) is 11.5 Å². The first-order valence-corrected chi connectivity index (χ1v) is 14.5. The predicted octanol–water partition coefficient (Wildman–Crippen LogP) is 1.97. The van der Waals surface area contributed by atoms with Crippen molar-refractivity contribution < 1.29 is 38.2 Å². The van der Waals surface area contributed by atoms with Gasteiger partial charge in [0.15, 0.2) is 5.69 Å². The SMILES string of the molecule is C=CC(=O)O.CCCc1c(C(=O)N(CC(C)C)[C@@H]2CNC[C@H](C(=O)N3CCOCC3)C2)nnn1-c1ccccc1F.O=C=O. The highest BCUT2D eigenvalue weighted by molar-refractivity contribution is 5.94. The predicted molar refractivity (Wildman–Crippen MR) is 156 cm³/mol. The van der Waals surface area contributed by atoms with Gasteiger partial charge in [0.05, 0.1) is 24.8 Å². The fourth-order valence-electron chi connectivity index (χ4n) is 5.06. The molecule has 3 heterocycles. The summed E-state index contributed by atoms with van der Waals surface area (Å²) in [5, 5.41) is 19.4. The minimum atomic E-state index is -0.981. The number of para-hydroxylation sites is 1. The topological polar surface area (TPSA) is 164 Å². The third kappa shape index (κ3) is 10.2. The van der Waals surface area contributed by atoms with Gasteiger partial charge >= 0.3 is 12.1 Å².